The Balaban J connectivity index is 1.74. The van der Waals surface area contributed by atoms with Crippen molar-refractivity contribution in [1.29, 1.82) is 0 Å². The quantitative estimate of drug-likeness (QED) is 0.537. The Bertz CT molecular complexity index is 1160. The number of carbonyl (C=O) groups is 1. The lowest BCUT2D eigenvalue weighted by atomic mass is 10.2. The highest BCUT2D eigenvalue weighted by Gasteiger charge is 2.30. The predicted molar refractivity (Wildman–Crippen MR) is 97.0 cm³/mol. The first kappa shape index (κ1) is 17.5. The van der Waals surface area contributed by atoms with Crippen LogP contribution in [0.3, 0.4) is 0 Å². The second-order valence-corrected chi connectivity index (χ2v) is 7.25. The van der Waals surface area contributed by atoms with E-state index in [2.05, 4.69) is 4.98 Å². The van der Waals surface area contributed by atoms with Crippen LogP contribution >= 0.6 is 11.3 Å². The van der Waals surface area contributed by atoms with E-state index in [1.165, 1.54) is 17.4 Å². The van der Waals surface area contributed by atoms with Crippen molar-refractivity contribution in [3.05, 3.63) is 64.8 Å². The normalized spacial score (nSPS) is 12.1. The number of aromatic nitrogens is 2. The van der Waals surface area contributed by atoms with Gasteiger partial charge in [0.2, 0.25) is 0 Å². The van der Waals surface area contributed by atoms with Gasteiger partial charge in [-0.15, -0.1) is 11.3 Å². The van der Waals surface area contributed by atoms with Crippen molar-refractivity contribution < 1.29 is 23.1 Å². The topological polar surface area (TPSA) is 55.1 Å². The van der Waals surface area contributed by atoms with Gasteiger partial charge < -0.3 is 9.67 Å². The van der Waals surface area contributed by atoms with Gasteiger partial charge in [0, 0.05) is 17.6 Å². The first-order chi connectivity index (χ1) is 12.8. The summed E-state index contributed by atoms with van der Waals surface area (Å²) in [6, 6.07) is 12.8. The molecule has 0 fully saturated rings. The lowest BCUT2D eigenvalue weighted by Gasteiger charge is -2.06. The Kier molecular flexibility index (Phi) is 4.15. The molecule has 2 heterocycles. The third kappa shape index (κ3) is 3.40. The van der Waals surface area contributed by atoms with Crippen molar-refractivity contribution in [3.8, 4) is 0 Å². The highest BCUT2D eigenvalue weighted by atomic mass is 32.1. The summed E-state index contributed by atoms with van der Waals surface area (Å²) < 4.78 is 41.0. The first-order valence-electron chi connectivity index (χ1n) is 8.07. The summed E-state index contributed by atoms with van der Waals surface area (Å²) in [6.45, 7) is -0.189. The van der Waals surface area contributed by atoms with Crippen LogP contribution in [0.15, 0.2) is 48.5 Å². The molecule has 4 rings (SSSR count). The number of nitrogens with zero attached hydrogens (tertiary/aromatic N) is 2. The van der Waals surface area contributed by atoms with E-state index in [9.17, 15) is 23.1 Å². The van der Waals surface area contributed by atoms with Gasteiger partial charge in [0.15, 0.2) is 0 Å². The summed E-state index contributed by atoms with van der Waals surface area (Å²) in [4.78, 5) is 15.6. The van der Waals surface area contributed by atoms with E-state index in [1.807, 2.05) is 30.3 Å². The maximum Gasteiger partial charge on any atom is 0.416 e. The van der Waals surface area contributed by atoms with Gasteiger partial charge in [0.1, 0.15) is 6.54 Å². The lowest BCUT2D eigenvalue weighted by molar-refractivity contribution is -0.138. The number of rotatable bonds is 4. The van der Waals surface area contributed by atoms with Crippen LogP contribution in [0, 0.1) is 0 Å². The van der Waals surface area contributed by atoms with Crippen molar-refractivity contribution >= 4 is 38.4 Å². The fourth-order valence-corrected chi connectivity index (χ4v) is 4.08. The van der Waals surface area contributed by atoms with E-state index in [1.54, 1.807) is 4.57 Å². The van der Waals surface area contributed by atoms with Crippen LogP contribution in [0.2, 0.25) is 0 Å². The molecule has 1 N–H and O–H groups in total. The molecule has 4 nitrogen and oxygen atoms in total. The third-order valence-electron chi connectivity index (χ3n) is 4.28. The van der Waals surface area contributed by atoms with Crippen LogP contribution in [0.25, 0.3) is 21.1 Å². The zero-order valence-electron chi connectivity index (χ0n) is 13.8. The second kappa shape index (κ2) is 6.38. The minimum Gasteiger partial charge on any atom is -0.480 e. The molecule has 0 aliphatic heterocycles. The molecule has 27 heavy (non-hydrogen) atoms. The Labute approximate surface area is 155 Å². The standard InChI is InChI=1S/C19H13F3N2O2S/c20-19(21,22)12-5-6-16-14(8-12)23-17(27-16)9-13-7-11-3-1-2-4-15(11)24(13)10-18(25)26/h1-8H,9-10H2,(H,25,26). The molecule has 0 bridgehead atoms. The average Bonchev–Trinajstić information content (AvgIpc) is 3.14. The Morgan fingerprint density at radius 2 is 1.93 bits per heavy atom. The summed E-state index contributed by atoms with van der Waals surface area (Å²) in [5.74, 6) is -0.961. The molecule has 4 aromatic rings. The van der Waals surface area contributed by atoms with Crippen molar-refractivity contribution in [3.63, 3.8) is 0 Å². The van der Waals surface area contributed by atoms with Crippen LogP contribution in [-0.4, -0.2) is 20.6 Å². The maximum absolute atomic E-state index is 12.9. The molecule has 0 atom stereocenters. The molecule has 0 unspecified atom stereocenters. The zero-order valence-corrected chi connectivity index (χ0v) is 14.6. The Morgan fingerprint density at radius 3 is 2.67 bits per heavy atom. The highest BCUT2D eigenvalue weighted by molar-refractivity contribution is 7.18. The number of thiazole rings is 1. The number of carboxylic acid groups (broad SMARTS) is 1. The van der Waals surface area contributed by atoms with Gasteiger partial charge in [-0.2, -0.15) is 13.2 Å². The Morgan fingerprint density at radius 1 is 1.15 bits per heavy atom. The van der Waals surface area contributed by atoms with E-state index in [0.29, 0.717) is 21.6 Å². The fraction of sp³-hybridized carbons (Fsp3) is 0.158. The molecule has 138 valence electrons. The number of carboxylic acids is 1. The van der Waals surface area contributed by atoms with Gasteiger partial charge in [0.05, 0.1) is 20.8 Å². The number of hydrogen-bond acceptors (Lipinski definition) is 3. The molecular formula is C19H13F3N2O2S. The molecule has 0 radical (unpaired) electrons. The smallest absolute Gasteiger partial charge is 0.416 e. The van der Waals surface area contributed by atoms with Crippen molar-refractivity contribution in [2.24, 2.45) is 0 Å². The van der Waals surface area contributed by atoms with Crippen LogP contribution in [0.5, 0.6) is 0 Å². The van der Waals surface area contributed by atoms with Gasteiger partial charge in [-0.3, -0.25) is 4.79 Å². The number of benzene rings is 2. The number of halogens is 3. The molecular weight excluding hydrogens is 377 g/mol. The zero-order chi connectivity index (χ0) is 19.2. The average molecular weight is 390 g/mol. The largest absolute Gasteiger partial charge is 0.480 e. The van der Waals surface area contributed by atoms with Crippen molar-refractivity contribution in [2.45, 2.75) is 19.1 Å². The summed E-state index contributed by atoms with van der Waals surface area (Å²) in [6.07, 6.45) is -4.06. The Hall–Kier alpha value is -2.87. The van der Waals surface area contributed by atoms with E-state index in [-0.39, 0.29) is 6.54 Å². The van der Waals surface area contributed by atoms with E-state index in [4.69, 9.17) is 0 Å². The monoisotopic (exact) mass is 390 g/mol. The molecule has 0 saturated carbocycles. The van der Waals surface area contributed by atoms with Crippen LogP contribution < -0.4 is 0 Å². The van der Waals surface area contributed by atoms with Crippen molar-refractivity contribution in [1.82, 2.24) is 9.55 Å². The molecule has 0 aliphatic carbocycles. The summed E-state index contributed by atoms with van der Waals surface area (Å²) in [5.41, 5.74) is 1.13. The first-order valence-corrected chi connectivity index (χ1v) is 8.88. The predicted octanol–water partition coefficient (Wildman–Crippen LogP) is 4.95. The molecule has 0 spiro atoms. The molecule has 0 saturated heterocycles. The lowest BCUT2D eigenvalue weighted by Crippen LogP contribution is -2.11. The van der Waals surface area contributed by atoms with E-state index in [0.717, 1.165) is 28.7 Å². The van der Waals surface area contributed by atoms with Gasteiger partial charge in [-0.05, 0) is 35.7 Å². The number of fused-ring (bicyclic) bond motifs is 2. The molecule has 2 aromatic heterocycles. The van der Waals surface area contributed by atoms with Gasteiger partial charge in [0.25, 0.3) is 0 Å². The molecule has 8 heteroatoms. The number of para-hydroxylation sites is 1. The van der Waals surface area contributed by atoms with E-state index >= 15 is 0 Å². The summed E-state index contributed by atoms with van der Waals surface area (Å²) in [5, 5.41) is 10.8. The number of hydrogen-bond donors (Lipinski definition) is 1. The maximum atomic E-state index is 12.9. The second-order valence-electron chi connectivity index (χ2n) is 6.14. The number of aliphatic carboxylic acids is 1. The van der Waals surface area contributed by atoms with Crippen molar-refractivity contribution in [2.75, 3.05) is 0 Å². The summed E-state index contributed by atoms with van der Waals surface area (Å²) in [7, 11) is 0. The minimum atomic E-state index is -4.41. The number of alkyl halides is 3. The van der Waals surface area contributed by atoms with Gasteiger partial charge in [-0.1, -0.05) is 18.2 Å². The molecule has 2 aromatic carbocycles. The molecule has 0 aliphatic rings. The fourth-order valence-electron chi connectivity index (χ4n) is 3.12. The van der Waals surface area contributed by atoms with Crippen LogP contribution in [0.1, 0.15) is 16.3 Å². The van der Waals surface area contributed by atoms with Crippen LogP contribution in [0.4, 0.5) is 13.2 Å². The highest BCUT2D eigenvalue weighted by Crippen LogP contribution is 2.33. The minimum absolute atomic E-state index is 0.189. The van der Waals surface area contributed by atoms with Gasteiger partial charge >= 0.3 is 12.1 Å². The van der Waals surface area contributed by atoms with E-state index < -0.39 is 17.7 Å². The third-order valence-corrected chi connectivity index (χ3v) is 5.32. The van der Waals surface area contributed by atoms with Crippen LogP contribution in [-0.2, 0) is 23.9 Å². The van der Waals surface area contributed by atoms with Gasteiger partial charge in [-0.25, -0.2) is 4.98 Å². The molecule has 0 amide bonds. The SMILES string of the molecule is O=C(O)Cn1c(Cc2nc3cc(C(F)(F)F)ccc3s2)cc2ccccc21. The summed E-state index contributed by atoms with van der Waals surface area (Å²) >= 11 is 1.31.